The minimum atomic E-state index is 0. The third-order valence-corrected chi connectivity index (χ3v) is 2.15. The van der Waals surface area contributed by atoms with Crippen LogP contribution in [-0.4, -0.2) is 9.52 Å². The molecule has 1 aromatic rings. The molecule has 0 amide bonds. The fraction of sp³-hybridized carbons (Fsp3) is 0.545. The second-order valence-corrected chi connectivity index (χ2v) is 4.52. The van der Waals surface area contributed by atoms with Crippen LogP contribution in [0.5, 0.6) is 0 Å². The molecule has 0 aliphatic heterocycles. The minimum Gasteiger partial charge on any atom is -0.210 e. The second-order valence-electron chi connectivity index (χ2n) is 3.36. The van der Waals surface area contributed by atoms with E-state index in [1.54, 1.807) is 11.1 Å². The van der Waals surface area contributed by atoms with Gasteiger partial charge in [0.05, 0.1) is 0 Å². The molecular formula is C11H18SiZr-. The van der Waals surface area contributed by atoms with E-state index in [2.05, 4.69) is 31.3 Å². The summed E-state index contributed by atoms with van der Waals surface area (Å²) in [5, 5.41) is 0. The molecule has 0 nitrogen and oxygen atoms in total. The molecule has 0 spiro atoms. The molecule has 2 heteroatoms. The van der Waals surface area contributed by atoms with Gasteiger partial charge in [-0.15, -0.1) is 0 Å². The van der Waals surface area contributed by atoms with Crippen molar-refractivity contribution in [2.45, 2.75) is 38.8 Å². The molecule has 1 radical (unpaired) electrons. The maximum Gasteiger partial charge on any atom is 0.0213 e. The Balaban J connectivity index is 0.000000324. The van der Waals surface area contributed by atoms with E-state index >= 15 is 0 Å². The molecule has 0 N–H and O–H groups in total. The topological polar surface area (TPSA) is 0 Å². The van der Waals surface area contributed by atoms with Gasteiger partial charge < -0.3 is 0 Å². The van der Waals surface area contributed by atoms with Crippen LogP contribution >= 0.6 is 0 Å². The van der Waals surface area contributed by atoms with Crippen molar-refractivity contribution in [3.63, 3.8) is 0 Å². The van der Waals surface area contributed by atoms with Crippen molar-refractivity contribution in [1.82, 2.24) is 0 Å². The molecule has 0 atom stereocenters. The molecule has 0 unspecified atom stereocenters. The number of fused-ring (bicyclic) bond motifs is 1. The number of hydrogen-bond donors (Lipinski definition) is 0. The van der Waals surface area contributed by atoms with Crippen LogP contribution in [0.25, 0.3) is 0 Å². The van der Waals surface area contributed by atoms with Gasteiger partial charge in [-0.1, -0.05) is 38.8 Å². The summed E-state index contributed by atoms with van der Waals surface area (Å²) in [4.78, 5) is 0. The zero-order valence-electron chi connectivity index (χ0n) is 8.64. The standard InChI is InChI=1S/C9H11.C2H7Si.Zr/c1-2-5-9-7-3-6-8(9)4-1;1-3-2;/h3,6-7H,1-2,4-5H2;3H,1-2H3;/q-1;;. The monoisotopic (exact) mass is 268 g/mol. The van der Waals surface area contributed by atoms with Crippen molar-refractivity contribution in [3.05, 3.63) is 29.3 Å². The smallest absolute Gasteiger partial charge is 0.0213 e. The quantitative estimate of drug-likeness (QED) is 0.502. The predicted octanol–water partition coefficient (Wildman–Crippen LogP) is 2.80. The molecule has 0 aromatic heterocycles. The van der Waals surface area contributed by atoms with Gasteiger partial charge in [0.1, 0.15) is 0 Å². The average molecular weight is 270 g/mol. The van der Waals surface area contributed by atoms with Crippen molar-refractivity contribution in [3.8, 4) is 0 Å². The summed E-state index contributed by atoms with van der Waals surface area (Å²) < 4.78 is 0. The molecule has 71 valence electrons. The molecule has 0 saturated carbocycles. The molecular weight excluding hydrogens is 251 g/mol. The second kappa shape index (κ2) is 7.82. The van der Waals surface area contributed by atoms with Crippen molar-refractivity contribution < 1.29 is 26.2 Å². The van der Waals surface area contributed by atoms with E-state index in [0.717, 1.165) is 9.52 Å². The normalized spacial score (nSPS) is 13.4. The SMILES string of the molecule is C[SiH]C.[Zr].c1cc2c([cH-]1)CCCC2. The van der Waals surface area contributed by atoms with Gasteiger partial charge in [-0.3, -0.25) is 0 Å². The van der Waals surface area contributed by atoms with Crippen LogP contribution in [-0.2, 0) is 39.0 Å². The molecule has 13 heavy (non-hydrogen) atoms. The van der Waals surface area contributed by atoms with Gasteiger partial charge in [-0.25, -0.2) is 6.07 Å². The Bertz CT molecular complexity index is 197. The van der Waals surface area contributed by atoms with Gasteiger partial charge in [0.25, 0.3) is 0 Å². The van der Waals surface area contributed by atoms with Crippen molar-refractivity contribution in [2.75, 3.05) is 0 Å². The Labute approximate surface area is 103 Å². The van der Waals surface area contributed by atoms with Gasteiger partial charge in [0.2, 0.25) is 0 Å². The van der Waals surface area contributed by atoms with E-state index in [1.165, 1.54) is 25.7 Å². The molecule has 1 aliphatic carbocycles. The van der Waals surface area contributed by atoms with E-state index in [0.29, 0.717) is 0 Å². The molecule has 1 aliphatic rings. The van der Waals surface area contributed by atoms with Crippen LogP contribution in [0.2, 0.25) is 13.1 Å². The van der Waals surface area contributed by atoms with Crippen molar-refractivity contribution >= 4 is 9.52 Å². The summed E-state index contributed by atoms with van der Waals surface area (Å²) in [5.41, 5.74) is 3.20. The van der Waals surface area contributed by atoms with Gasteiger partial charge in [0.15, 0.2) is 0 Å². The third-order valence-electron chi connectivity index (χ3n) is 2.15. The van der Waals surface area contributed by atoms with Gasteiger partial charge in [-0.05, 0) is 0 Å². The van der Waals surface area contributed by atoms with Crippen LogP contribution in [0, 0.1) is 0 Å². The zero-order valence-corrected chi connectivity index (χ0v) is 12.3. The van der Waals surface area contributed by atoms with Crippen LogP contribution in [0.3, 0.4) is 0 Å². The van der Waals surface area contributed by atoms with E-state index in [4.69, 9.17) is 0 Å². The third kappa shape index (κ3) is 4.46. The first-order valence-corrected chi connectivity index (χ1v) is 7.17. The first-order valence-electron chi connectivity index (χ1n) is 4.86. The van der Waals surface area contributed by atoms with Crippen LogP contribution in [0.15, 0.2) is 18.2 Å². The Kier molecular flexibility index (Phi) is 8.09. The van der Waals surface area contributed by atoms with Crippen molar-refractivity contribution in [2.24, 2.45) is 0 Å². The zero-order chi connectivity index (χ0) is 8.81. The Morgan fingerprint density at radius 2 is 1.85 bits per heavy atom. The average Bonchev–Trinajstić information content (AvgIpc) is 2.52. The molecule has 0 heterocycles. The summed E-state index contributed by atoms with van der Waals surface area (Å²) in [5.74, 6) is 0. The summed E-state index contributed by atoms with van der Waals surface area (Å²) in [7, 11) is 0.750. The Morgan fingerprint density at radius 3 is 2.46 bits per heavy atom. The van der Waals surface area contributed by atoms with Crippen LogP contribution in [0.4, 0.5) is 0 Å². The van der Waals surface area contributed by atoms with E-state index < -0.39 is 0 Å². The maximum absolute atomic E-state index is 2.26. The number of rotatable bonds is 0. The number of hydrogen-bond acceptors (Lipinski definition) is 0. The summed E-state index contributed by atoms with van der Waals surface area (Å²) in [6.45, 7) is 4.42. The Morgan fingerprint density at radius 1 is 1.23 bits per heavy atom. The largest absolute Gasteiger partial charge is 0.210 e. The van der Waals surface area contributed by atoms with Gasteiger partial charge in [0, 0.05) is 35.7 Å². The van der Waals surface area contributed by atoms with Gasteiger partial charge in [-0.2, -0.15) is 23.3 Å². The van der Waals surface area contributed by atoms with E-state index in [1.807, 2.05) is 0 Å². The van der Waals surface area contributed by atoms with Gasteiger partial charge >= 0.3 is 0 Å². The first kappa shape index (κ1) is 13.4. The first-order chi connectivity index (χ1) is 5.88. The summed E-state index contributed by atoms with van der Waals surface area (Å²) in [6.07, 6.45) is 5.44. The minimum absolute atomic E-state index is 0. The van der Waals surface area contributed by atoms with Crippen LogP contribution in [0.1, 0.15) is 24.0 Å². The molecule has 0 fully saturated rings. The van der Waals surface area contributed by atoms with Crippen LogP contribution < -0.4 is 0 Å². The van der Waals surface area contributed by atoms with E-state index in [9.17, 15) is 0 Å². The maximum atomic E-state index is 2.26. The molecule has 0 bridgehead atoms. The predicted molar refractivity (Wildman–Crippen MR) is 57.6 cm³/mol. The number of aryl methyl sites for hydroxylation is 2. The fourth-order valence-corrected chi connectivity index (χ4v) is 1.61. The molecule has 2 rings (SSSR count). The summed E-state index contributed by atoms with van der Waals surface area (Å²) in [6, 6.07) is 6.69. The fourth-order valence-electron chi connectivity index (χ4n) is 1.61. The van der Waals surface area contributed by atoms with E-state index in [-0.39, 0.29) is 26.2 Å². The van der Waals surface area contributed by atoms with Crippen molar-refractivity contribution in [1.29, 1.82) is 0 Å². The molecule has 1 aromatic carbocycles. The molecule has 0 saturated heterocycles. The summed E-state index contributed by atoms with van der Waals surface area (Å²) >= 11 is 0. The Hall–Kier alpha value is 0.450.